The zero-order valence-electron chi connectivity index (χ0n) is 15.1. The number of nitrogens with zero attached hydrogens (tertiary/aromatic N) is 1. The van der Waals surface area contributed by atoms with E-state index in [1.807, 2.05) is 0 Å². The molecule has 0 aromatic heterocycles. The largest absolute Gasteiger partial charge is 0.345 e. The SMILES string of the molecule is CN(C)C(=O)c1ccc(NC(=O)C2(c3ccc(F)cc3)CCCC2)cc1. The molecule has 0 aliphatic heterocycles. The molecular formula is C21H23FN2O2. The van der Waals surface area contributed by atoms with Crippen LogP contribution in [0.1, 0.15) is 41.6 Å². The summed E-state index contributed by atoms with van der Waals surface area (Å²) in [7, 11) is 3.40. The molecule has 3 rings (SSSR count). The van der Waals surface area contributed by atoms with Crippen LogP contribution in [-0.2, 0) is 10.2 Å². The molecule has 136 valence electrons. The van der Waals surface area contributed by atoms with Gasteiger partial charge in [0.2, 0.25) is 5.91 Å². The lowest BCUT2D eigenvalue weighted by Crippen LogP contribution is -2.38. The van der Waals surface area contributed by atoms with Crippen molar-refractivity contribution >= 4 is 17.5 Å². The van der Waals surface area contributed by atoms with Crippen LogP contribution < -0.4 is 5.32 Å². The van der Waals surface area contributed by atoms with E-state index in [2.05, 4.69) is 5.32 Å². The van der Waals surface area contributed by atoms with Crippen molar-refractivity contribution in [1.29, 1.82) is 0 Å². The molecular weight excluding hydrogens is 331 g/mol. The topological polar surface area (TPSA) is 49.4 Å². The van der Waals surface area contributed by atoms with Crippen LogP contribution in [0.2, 0.25) is 0 Å². The normalized spacial score (nSPS) is 15.5. The number of amides is 2. The lowest BCUT2D eigenvalue weighted by molar-refractivity contribution is -0.121. The molecule has 0 bridgehead atoms. The van der Waals surface area contributed by atoms with Crippen LogP contribution in [-0.4, -0.2) is 30.8 Å². The van der Waals surface area contributed by atoms with Gasteiger partial charge in [0, 0.05) is 25.3 Å². The molecule has 0 spiro atoms. The van der Waals surface area contributed by atoms with Crippen molar-refractivity contribution in [3.05, 3.63) is 65.5 Å². The lowest BCUT2D eigenvalue weighted by atomic mass is 9.78. The van der Waals surface area contributed by atoms with E-state index in [1.165, 1.54) is 17.0 Å². The molecule has 0 radical (unpaired) electrons. The summed E-state index contributed by atoms with van der Waals surface area (Å²) in [6, 6.07) is 13.1. The van der Waals surface area contributed by atoms with Crippen LogP contribution >= 0.6 is 0 Å². The zero-order chi connectivity index (χ0) is 18.7. The Balaban J connectivity index is 1.81. The van der Waals surface area contributed by atoms with E-state index in [0.29, 0.717) is 11.3 Å². The summed E-state index contributed by atoms with van der Waals surface area (Å²) < 4.78 is 13.3. The molecule has 4 nitrogen and oxygen atoms in total. The first-order valence-corrected chi connectivity index (χ1v) is 8.82. The van der Waals surface area contributed by atoms with E-state index in [0.717, 1.165) is 31.2 Å². The van der Waals surface area contributed by atoms with Gasteiger partial charge in [0.1, 0.15) is 5.82 Å². The molecule has 2 aromatic carbocycles. The van der Waals surface area contributed by atoms with Gasteiger partial charge in [-0.1, -0.05) is 25.0 Å². The van der Waals surface area contributed by atoms with Crippen LogP contribution in [0.3, 0.4) is 0 Å². The Bertz CT molecular complexity index is 792. The highest BCUT2D eigenvalue weighted by Gasteiger charge is 2.42. The molecule has 1 N–H and O–H groups in total. The number of hydrogen-bond donors (Lipinski definition) is 1. The van der Waals surface area contributed by atoms with E-state index in [1.54, 1.807) is 50.5 Å². The Hall–Kier alpha value is -2.69. The van der Waals surface area contributed by atoms with Gasteiger partial charge in [-0.3, -0.25) is 9.59 Å². The van der Waals surface area contributed by atoms with Gasteiger partial charge in [-0.05, 0) is 54.8 Å². The first-order chi connectivity index (χ1) is 12.4. The summed E-state index contributed by atoms with van der Waals surface area (Å²) in [6.45, 7) is 0. The quantitative estimate of drug-likeness (QED) is 0.903. The second-order valence-electron chi connectivity index (χ2n) is 7.03. The van der Waals surface area contributed by atoms with Crippen LogP contribution in [0.4, 0.5) is 10.1 Å². The summed E-state index contributed by atoms with van der Waals surface area (Å²) >= 11 is 0. The number of benzene rings is 2. The second kappa shape index (κ2) is 7.28. The zero-order valence-corrected chi connectivity index (χ0v) is 15.1. The predicted octanol–water partition coefficient (Wildman–Crippen LogP) is 3.98. The second-order valence-corrected chi connectivity index (χ2v) is 7.03. The molecule has 2 amide bonds. The standard InChI is InChI=1S/C21H23FN2O2/c1-24(2)19(25)15-5-11-18(12-6-15)23-20(26)21(13-3-4-14-21)16-7-9-17(22)10-8-16/h5-12H,3-4,13-14H2,1-2H3,(H,23,26). The minimum atomic E-state index is -0.619. The van der Waals surface area contributed by atoms with Gasteiger partial charge in [0.15, 0.2) is 0 Å². The third-order valence-electron chi connectivity index (χ3n) is 5.08. The highest BCUT2D eigenvalue weighted by atomic mass is 19.1. The minimum absolute atomic E-state index is 0.0757. The summed E-state index contributed by atoms with van der Waals surface area (Å²) in [5.74, 6) is -0.460. The van der Waals surface area contributed by atoms with Crippen molar-refractivity contribution < 1.29 is 14.0 Å². The highest BCUT2D eigenvalue weighted by molar-refractivity contribution is 6.00. The van der Waals surface area contributed by atoms with Crippen molar-refractivity contribution in [3.63, 3.8) is 0 Å². The van der Waals surface area contributed by atoms with Gasteiger partial charge in [0.25, 0.3) is 5.91 Å². The molecule has 5 heteroatoms. The molecule has 0 atom stereocenters. The summed E-state index contributed by atoms with van der Waals surface area (Å²) in [5.41, 5.74) is 1.46. The van der Waals surface area contributed by atoms with Crippen LogP contribution in [0.25, 0.3) is 0 Å². The molecule has 0 saturated heterocycles. The fourth-order valence-electron chi connectivity index (χ4n) is 3.60. The molecule has 1 fully saturated rings. The van der Waals surface area contributed by atoms with Gasteiger partial charge in [-0.2, -0.15) is 0 Å². The van der Waals surface area contributed by atoms with E-state index < -0.39 is 5.41 Å². The van der Waals surface area contributed by atoms with Crippen molar-refractivity contribution in [3.8, 4) is 0 Å². The summed E-state index contributed by atoms with van der Waals surface area (Å²) in [5, 5.41) is 2.98. The number of rotatable bonds is 4. The molecule has 1 saturated carbocycles. The van der Waals surface area contributed by atoms with Gasteiger partial charge < -0.3 is 10.2 Å². The predicted molar refractivity (Wildman–Crippen MR) is 99.6 cm³/mol. The molecule has 2 aromatic rings. The van der Waals surface area contributed by atoms with Crippen molar-refractivity contribution in [2.75, 3.05) is 19.4 Å². The van der Waals surface area contributed by atoms with Crippen LogP contribution in [0.5, 0.6) is 0 Å². The molecule has 1 aliphatic carbocycles. The van der Waals surface area contributed by atoms with E-state index >= 15 is 0 Å². The maximum absolute atomic E-state index is 13.3. The average Bonchev–Trinajstić information content (AvgIpc) is 3.13. The van der Waals surface area contributed by atoms with E-state index in [4.69, 9.17) is 0 Å². The number of carbonyl (C=O) groups excluding carboxylic acids is 2. The molecule has 1 aliphatic rings. The van der Waals surface area contributed by atoms with Crippen molar-refractivity contribution in [1.82, 2.24) is 4.90 Å². The van der Waals surface area contributed by atoms with Crippen molar-refractivity contribution in [2.24, 2.45) is 0 Å². The first kappa shape index (κ1) is 18.1. The Kier molecular flexibility index (Phi) is 5.07. The summed E-state index contributed by atoms with van der Waals surface area (Å²) in [6.07, 6.45) is 3.45. The van der Waals surface area contributed by atoms with Gasteiger partial charge in [-0.25, -0.2) is 4.39 Å². The first-order valence-electron chi connectivity index (χ1n) is 8.82. The molecule has 0 heterocycles. The Labute approximate surface area is 153 Å². The third-order valence-corrected chi connectivity index (χ3v) is 5.08. The van der Waals surface area contributed by atoms with E-state index in [-0.39, 0.29) is 17.6 Å². The number of hydrogen-bond acceptors (Lipinski definition) is 2. The van der Waals surface area contributed by atoms with Gasteiger partial charge >= 0.3 is 0 Å². The Morgan fingerprint density at radius 2 is 1.54 bits per heavy atom. The third kappa shape index (κ3) is 3.47. The smallest absolute Gasteiger partial charge is 0.253 e. The molecule has 26 heavy (non-hydrogen) atoms. The fraction of sp³-hybridized carbons (Fsp3) is 0.333. The fourth-order valence-corrected chi connectivity index (χ4v) is 3.60. The van der Waals surface area contributed by atoms with Crippen LogP contribution in [0.15, 0.2) is 48.5 Å². The number of anilines is 1. The lowest BCUT2D eigenvalue weighted by Gasteiger charge is -2.28. The van der Waals surface area contributed by atoms with Gasteiger partial charge in [-0.15, -0.1) is 0 Å². The minimum Gasteiger partial charge on any atom is -0.345 e. The van der Waals surface area contributed by atoms with Gasteiger partial charge in [0.05, 0.1) is 5.41 Å². The Morgan fingerprint density at radius 3 is 2.08 bits per heavy atom. The number of carbonyl (C=O) groups is 2. The van der Waals surface area contributed by atoms with Crippen molar-refractivity contribution in [2.45, 2.75) is 31.1 Å². The Morgan fingerprint density at radius 1 is 0.962 bits per heavy atom. The monoisotopic (exact) mass is 354 g/mol. The average molecular weight is 354 g/mol. The summed E-state index contributed by atoms with van der Waals surface area (Å²) in [4.78, 5) is 26.5. The van der Waals surface area contributed by atoms with Crippen LogP contribution in [0, 0.1) is 5.82 Å². The maximum atomic E-state index is 13.3. The number of halogens is 1. The maximum Gasteiger partial charge on any atom is 0.253 e. The highest BCUT2D eigenvalue weighted by Crippen LogP contribution is 2.42. The number of nitrogens with one attached hydrogen (secondary N) is 1. The molecule has 0 unspecified atom stereocenters. The van der Waals surface area contributed by atoms with E-state index in [9.17, 15) is 14.0 Å².